The third-order valence-corrected chi connectivity index (χ3v) is 4.16. The summed E-state index contributed by atoms with van der Waals surface area (Å²) >= 11 is 0. The highest BCUT2D eigenvalue weighted by Gasteiger charge is 2.36. The molecule has 21 heavy (non-hydrogen) atoms. The molecule has 2 rings (SSSR count). The SMILES string of the molecule is CCCC1(OC(=O)c2ccccc2C(=O)O)CCCCC1. The maximum Gasteiger partial charge on any atom is 0.339 e. The van der Waals surface area contributed by atoms with Crippen LogP contribution >= 0.6 is 0 Å². The summed E-state index contributed by atoms with van der Waals surface area (Å²) < 4.78 is 5.79. The number of ether oxygens (including phenoxy) is 1. The summed E-state index contributed by atoms with van der Waals surface area (Å²) in [6.45, 7) is 2.08. The zero-order valence-electron chi connectivity index (χ0n) is 12.4. The summed E-state index contributed by atoms with van der Waals surface area (Å²) in [5.41, 5.74) is -0.258. The van der Waals surface area contributed by atoms with Crippen molar-refractivity contribution in [2.45, 2.75) is 57.5 Å². The van der Waals surface area contributed by atoms with Gasteiger partial charge in [0, 0.05) is 0 Å². The van der Waals surface area contributed by atoms with E-state index in [9.17, 15) is 14.7 Å². The van der Waals surface area contributed by atoms with Crippen LogP contribution in [-0.2, 0) is 4.74 Å². The highest BCUT2D eigenvalue weighted by atomic mass is 16.6. The third-order valence-electron chi connectivity index (χ3n) is 4.16. The second-order valence-corrected chi connectivity index (χ2v) is 5.73. The smallest absolute Gasteiger partial charge is 0.339 e. The molecule has 1 saturated carbocycles. The monoisotopic (exact) mass is 290 g/mol. The molecule has 0 spiro atoms. The van der Waals surface area contributed by atoms with E-state index in [2.05, 4.69) is 6.92 Å². The molecule has 0 amide bonds. The van der Waals surface area contributed by atoms with Crippen molar-refractivity contribution in [1.82, 2.24) is 0 Å². The van der Waals surface area contributed by atoms with Crippen molar-refractivity contribution in [3.8, 4) is 0 Å². The molecule has 0 aliphatic heterocycles. The van der Waals surface area contributed by atoms with Crippen LogP contribution in [0.5, 0.6) is 0 Å². The van der Waals surface area contributed by atoms with Crippen LogP contribution in [0, 0.1) is 0 Å². The van der Waals surface area contributed by atoms with Gasteiger partial charge in [0.25, 0.3) is 0 Å². The van der Waals surface area contributed by atoms with Gasteiger partial charge < -0.3 is 9.84 Å². The van der Waals surface area contributed by atoms with E-state index < -0.39 is 17.5 Å². The number of hydrogen-bond donors (Lipinski definition) is 1. The second-order valence-electron chi connectivity index (χ2n) is 5.73. The van der Waals surface area contributed by atoms with Gasteiger partial charge in [-0.2, -0.15) is 0 Å². The Labute approximate surface area is 125 Å². The Morgan fingerprint density at radius 1 is 1.14 bits per heavy atom. The zero-order chi connectivity index (χ0) is 15.3. The number of carboxylic acid groups (broad SMARTS) is 1. The number of esters is 1. The molecule has 114 valence electrons. The Bertz CT molecular complexity index is 510. The van der Waals surface area contributed by atoms with Gasteiger partial charge in [-0.3, -0.25) is 0 Å². The Kier molecular flexibility index (Phi) is 4.99. The average Bonchev–Trinajstić information content (AvgIpc) is 2.48. The largest absolute Gasteiger partial charge is 0.478 e. The Balaban J connectivity index is 2.21. The van der Waals surface area contributed by atoms with E-state index in [-0.39, 0.29) is 11.1 Å². The van der Waals surface area contributed by atoms with Crippen molar-refractivity contribution in [3.05, 3.63) is 35.4 Å². The molecule has 1 fully saturated rings. The van der Waals surface area contributed by atoms with Crippen molar-refractivity contribution < 1.29 is 19.4 Å². The van der Waals surface area contributed by atoms with Crippen LogP contribution in [-0.4, -0.2) is 22.6 Å². The molecule has 0 unspecified atom stereocenters. The van der Waals surface area contributed by atoms with Gasteiger partial charge in [-0.25, -0.2) is 9.59 Å². The van der Waals surface area contributed by atoms with E-state index in [0.29, 0.717) is 0 Å². The quantitative estimate of drug-likeness (QED) is 0.831. The third kappa shape index (κ3) is 3.63. The predicted octanol–water partition coefficient (Wildman–Crippen LogP) is 4.04. The lowest BCUT2D eigenvalue weighted by Gasteiger charge is -2.36. The fraction of sp³-hybridized carbons (Fsp3) is 0.529. The summed E-state index contributed by atoms with van der Waals surface area (Å²) in [5, 5.41) is 9.18. The summed E-state index contributed by atoms with van der Waals surface area (Å²) in [6.07, 6.45) is 6.85. The van der Waals surface area contributed by atoms with Crippen LogP contribution in [0.15, 0.2) is 24.3 Å². The minimum absolute atomic E-state index is 0.00459. The van der Waals surface area contributed by atoms with Crippen LogP contribution in [0.2, 0.25) is 0 Å². The maximum absolute atomic E-state index is 12.4. The van der Waals surface area contributed by atoms with Crippen LogP contribution in [0.25, 0.3) is 0 Å². The van der Waals surface area contributed by atoms with Crippen molar-refractivity contribution in [1.29, 1.82) is 0 Å². The standard InChI is InChI=1S/C17H22O4/c1-2-10-17(11-6-3-7-12-17)21-16(20)14-9-5-4-8-13(14)15(18)19/h4-5,8-9H,2-3,6-7,10-12H2,1H3,(H,18,19). The molecule has 4 nitrogen and oxygen atoms in total. The summed E-state index contributed by atoms with van der Waals surface area (Å²) in [7, 11) is 0. The summed E-state index contributed by atoms with van der Waals surface area (Å²) in [5.74, 6) is -1.61. The number of benzene rings is 1. The number of aromatic carboxylic acids is 1. The van der Waals surface area contributed by atoms with Gasteiger partial charge in [-0.05, 0) is 44.2 Å². The van der Waals surface area contributed by atoms with E-state index in [4.69, 9.17) is 4.74 Å². The first-order valence-electron chi connectivity index (χ1n) is 7.64. The lowest BCUT2D eigenvalue weighted by molar-refractivity contribution is -0.0428. The predicted molar refractivity (Wildman–Crippen MR) is 79.5 cm³/mol. The van der Waals surface area contributed by atoms with Crippen LogP contribution in [0.3, 0.4) is 0 Å². The maximum atomic E-state index is 12.4. The molecule has 0 atom stereocenters. The number of carbonyl (C=O) groups is 2. The highest BCUT2D eigenvalue weighted by molar-refractivity contribution is 6.02. The fourth-order valence-electron chi connectivity index (χ4n) is 3.15. The first-order valence-corrected chi connectivity index (χ1v) is 7.64. The molecule has 0 saturated heterocycles. The van der Waals surface area contributed by atoms with Crippen molar-refractivity contribution in [2.75, 3.05) is 0 Å². The molecule has 0 radical (unpaired) electrons. The molecular weight excluding hydrogens is 268 g/mol. The van der Waals surface area contributed by atoms with Gasteiger partial charge in [-0.1, -0.05) is 31.9 Å². The first kappa shape index (κ1) is 15.5. The molecular formula is C17H22O4. The van der Waals surface area contributed by atoms with Gasteiger partial charge in [-0.15, -0.1) is 0 Å². The van der Waals surface area contributed by atoms with Crippen molar-refractivity contribution >= 4 is 11.9 Å². The van der Waals surface area contributed by atoms with E-state index in [1.165, 1.54) is 18.6 Å². The summed E-state index contributed by atoms with van der Waals surface area (Å²) in [4.78, 5) is 23.6. The molecule has 1 N–H and O–H groups in total. The number of carbonyl (C=O) groups excluding carboxylic acids is 1. The summed E-state index contributed by atoms with van der Waals surface area (Å²) in [6, 6.07) is 6.24. The Hall–Kier alpha value is -1.84. The van der Waals surface area contributed by atoms with E-state index in [0.717, 1.165) is 38.5 Å². The molecule has 4 heteroatoms. The Morgan fingerprint density at radius 3 is 2.33 bits per heavy atom. The molecule has 0 aromatic heterocycles. The minimum atomic E-state index is -1.10. The van der Waals surface area contributed by atoms with Crippen LogP contribution < -0.4 is 0 Å². The van der Waals surface area contributed by atoms with Gasteiger partial charge >= 0.3 is 11.9 Å². The van der Waals surface area contributed by atoms with E-state index in [1.54, 1.807) is 12.1 Å². The van der Waals surface area contributed by atoms with E-state index in [1.807, 2.05) is 0 Å². The lowest BCUT2D eigenvalue weighted by atomic mass is 9.81. The second kappa shape index (κ2) is 6.74. The first-order chi connectivity index (χ1) is 10.1. The average molecular weight is 290 g/mol. The topological polar surface area (TPSA) is 63.6 Å². The molecule has 0 bridgehead atoms. The van der Waals surface area contributed by atoms with Crippen LogP contribution in [0.4, 0.5) is 0 Å². The number of carboxylic acids is 1. The minimum Gasteiger partial charge on any atom is -0.478 e. The zero-order valence-corrected chi connectivity index (χ0v) is 12.4. The van der Waals surface area contributed by atoms with Gasteiger partial charge in [0.2, 0.25) is 0 Å². The molecule has 0 heterocycles. The van der Waals surface area contributed by atoms with Gasteiger partial charge in [0.05, 0.1) is 11.1 Å². The van der Waals surface area contributed by atoms with E-state index >= 15 is 0 Å². The fourth-order valence-corrected chi connectivity index (χ4v) is 3.15. The van der Waals surface area contributed by atoms with Crippen molar-refractivity contribution in [3.63, 3.8) is 0 Å². The van der Waals surface area contributed by atoms with Crippen molar-refractivity contribution in [2.24, 2.45) is 0 Å². The number of hydrogen-bond acceptors (Lipinski definition) is 3. The van der Waals surface area contributed by atoms with Crippen LogP contribution in [0.1, 0.15) is 72.6 Å². The highest BCUT2D eigenvalue weighted by Crippen LogP contribution is 2.36. The molecule has 1 aromatic carbocycles. The molecule has 1 aliphatic rings. The van der Waals surface area contributed by atoms with Gasteiger partial charge in [0.15, 0.2) is 0 Å². The lowest BCUT2D eigenvalue weighted by Crippen LogP contribution is -2.37. The Morgan fingerprint density at radius 2 is 1.76 bits per heavy atom. The number of rotatable bonds is 5. The molecule has 1 aliphatic carbocycles. The van der Waals surface area contributed by atoms with Gasteiger partial charge in [0.1, 0.15) is 5.60 Å². The molecule has 1 aromatic rings. The normalized spacial score (nSPS) is 17.2.